The Morgan fingerprint density at radius 3 is 2.60 bits per heavy atom. The van der Waals surface area contributed by atoms with Gasteiger partial charge in [-0.3, -0.25) is 9.69 Å². The van der Waals surface area contributed by atoms with Gasteiger partial charge >= 0.3 is 0 Å². The van der Waals surface area contributed by atoms with Crippen LogP contribution in [0.1, 0.15) is 43.0 Å². The highest BCUT2D eigenvalue weighted by atomic mass is 16.3. The number of ketones is 1. The molecule has 1 aliphatic carbocycles. The number of hydrogen-bond acceptors (Lipinski definition) is 3. The van der Waals surface area contributed by atoms with Gasteiger partial charge in [-0.15, -0.1) is 0 Å². The monoisotopic (exact) mass is 275 g/mol. The predicted octanol–water partition coefficient (Wildman–Crippen LogP) is 2.74. The molecule has 110 valence electrons. The number of rotatable bonds is 8. The number of aliphatic hydroxyl groups excluding tert-OH is 1. The number of nitrogens with zero attached hydrogens (tertiary/aromatic N) is 1. The van der Waals surface area contributed by atoms with Crippen molar-refractivity contribution in [3.63, 3.8) is 0 Å². The molecule has 0 saturated heterocycles. The Bertz CT molecular complexity index is 414. The molecule has 0 bridgehead atoms. The van der Waals surface area contributed by atoms with Gasteiger partial charge < -0.3 is 5.11 Å². The van der Waals surface area contributed by atoms with Gasteiger partial charge in [-0.25, -0.2) is 0 Å². The molecule has 0 amide bonds. The minimum atomic E-state index is 0.0108. The van der Waals surface area contributed by atoms with Crippen LogP contribution in [0.25, 0.3) is 0 Å². The van der Waals surface area contributed by atoms with Gasteiger partial charge in [0.25, 0.3) is 0 Å². The van der Waals surface area contributed by atoms with E-state index in [4.69, 9.17) is 5.11 Å². The molecular formula is C17H25NO2. The van der Waals surface area contributed by atoms with E-state index < -0.39 is 0 Å². The zero-order chi connectivity index (χ0) is 14.4. The van der Waals surface area contributed by atoms with Gasteiger partial charge in [0, 0.05) is 37.2 Å². The minimum Gasteiger partial charge on any atom is -0.396 e. The molecule has 1 saturated carbocycles. The van der Waals surface area contributed by atoms with Crippen LogP contribution in [0.4, 0.5) is 0 Å². The van der Waals surface area contributed by atoms with Crippen molar-refractivity contribution in [1.29, 1.82) is 0 Å². The largest absolute Gasteiger partial charge is 0.396 e. The number of Topliss-reactive ketones (excluding diaryl/α,β-unsaturated/α-hetero) is 1. The summed E-state index contributed by atoms with van der Waals surface area (Å²) in [7, 11) is 0. The Kier molecular flexibility index (Phi) is 5.74. The Morgan fingerprint density at radius 1 is 1.35 bits per heavy atom. The number of aliphatic hydroxyl groups is 1. The van der Waals surface area contributed by atoms with Crippen LogP contribution >= 0.6 is 0 Å². The van der Waals surface area contributed by atoms with Crippen molar-refractivity contribution in [2.45, 2.75) is 38.6 Å². The highest BCUT2D eigenvalue weighted by Crippen LogP contribution is 2.26. The zero-order valence-electron chi connectivity index (χ0n) is 12.3. The summed E-state index contributed by atoms with van der Waals surface area (Å²) in [4.78, 5) is 14.8. The fourth-order valence-corrected chi connectivity index (χ4v) is 2.77. The first-order valence-corrected chi connectivity index (χ1v) is 7.66. The van der Waals surface area contributed by atoms with E-state index in [2.05, 4.69) is 4.90 Å². The second-order valence-corrected chi connectivity index (χ2v) is 5.79. The number of carbonyl (C=O) groups excluding carboxylic acids is 1. The molecule has 3 nitrogen and oxygen atoms in total. The molecule has 0 aliphatic heterocycles. The Balaban J connectivity index is 1.93. The van der Waals surface area contributed by atoms with Gasteiger partial charge in [0.15, 0.2) is 5.78 Å². The maximum atomic E-state index is 12.4. The Morgan fingerprint density at radius 2 is 2.05 bits per heavy atom. The Hall–Kier alpha value is -1.19. The molecule has 1 unspecified atom stereocenters. The zero-order valence-corrected chi connectivity index (χ0v) is 12.3. The third-order valence-electron chi connectivity index (χ3n) is 4.21. The maximum Gasteiger partial charge on any atom is 0.166 e. The summed E-state index contributed by atoms with van der Waals surface area (Å²) in [6.07, 6.45) is 4.55. The van der Waals surface area contributed by atoms with Crippen LogP contribution in [0.15, 0.2) is 30.3 Å². The van der Waals surface area contributed by atoms with Crippen LogP contribution in [-0.4, -0.2) is 41.5 Å². The summed E-state index contributed by atoms with van der Waals surface area (Å²) in [5.74, 6) is 0.232. The number of benzene rings is 1. The van der Waals surface area contributed by atoms with Crippen molar-refractivity contribution in [3.05, 3.63) is 35.9 Å². The highest BCUT2D eigenvalue weighted by molar-refractivity contribution is 5.97. The van der Waals surface area contributed by atoms with Crippen molar-refractivity contribution in [1.82, 2.24) is 4.90 Å². The van der Waals surface area contributed by atoms with Crippen LogP contribution in [0, 0.1) is 5.92 Å². The van der Waals surface area contributed by atoms with Crippen LogP contribution in [0.5, 0.6) is 0 Å². The van der Waals surface area contributed by atoms with Crippen molar-refractivity contribution < 1.29 is 9.90 Å². The van der Waals surface area contributed by atoms with E-state index in [0.717, 1.165) is 25.1 Å². The summed E-state index contributed by atoms with van der Waals surface area (Å²) < 4.78 is 0. The lowest BCUT2D eigenvalue weighted by Gasteiger charge is -2.38. The second-order valence-electron chi connectivity index (χ2n) is 5.79. The smallest absolute Gasteiger partial charge is 0.166 e. The molecule has 3 heteroatoms. The third-order valence-corrected chi connectivity index (χ3v) is 4.21. The van der Waals surface area contributed by atoms with Crippen LogP contribution < -0.4 is 0 Å². The molecule has 1 aromatic carbocycles. The fourth-order valence-electron chi connectivity index (χ4n) is 2.77. The summed E-state index contributed by atoms with van der Waals surface area (Å²) in [5, 5.41) is 9.02. The SMILES string of the molecule is CC(CN(CCCO)C1CCC1)C(=O)c1ccccc1. The molecular weight excluding hydrogens is 250 g/mol. The first-order valence-electron chi connectivity index (χ1n) is 7.66. The lowest BCUT2D eigenvalue weighted by Crippen LogP contribution is -2.44. The number of hydrogen-bond donors (Lipinski definition) is 1. The van der Waals surface area contributed by atoms with E-state index in [-0.39, 0.29) is 18.3 Å². The van der Waals surface area contributed by atoms with Crippen molar-refractivity contribution in [2.75, 3.05) is 19.7 Å². The van der Waals surface area contributed by atoms with Crippen molar-refractivity contribution in [3.8, 4) is 0 Å². The van der Waals surface area contributed by atoms with E-state index in [1.54, 1.807) is 0 Å². The molecule has 1 aliphatic rings. The first kappa shape index (κ1) is 15.2. The van der Waals surface area contributed by atoms with Crippen molar-refractivity contribution >= 4 is 5.78 Å². The molecule has 1 atom stereocenters. The van der Waals surface area contributed by atoms with Crippen LogP contribution in [0.2, 0.25) is 0 Å². The minimum absolute atomic E-state index is 0.0108. The lowest BCUT2D eigenvalue weighted by molar-refractivity contribution is 0.0770. The summed E-state index contributed by atoms with van der Waals surface area (Å²) >= 11 is 0. The molecule has 1 N–H and O–H groups in total. The first-order chi connectivity index (χ1) is 9.72. The molecule has 0 heterocycles. The van der Waals surface area contributed by atoms with Gasteiger partial charge in [-0.1, -0.05) is 43.7 Å². The van der Waals surface area contributed by atoms with Gasteiger partial charge in [0.2, 0.25) is 0 Å². The average molecular weight is 275 g/mol. The normalized spacial score (nSPS) is 16.9. The summed E-state index contributed by atoms with van der Waals surface area (Å²) in [6.45, 7) is 3.94. The molecule has 1 fully saturated rings. The van der Waals surface area contributed by atoms with Gasteiger partial charge in [0.1, 0.15) is 0 Å². The van der Waals surface area contributed by atoms with Crippen LogP contribution in [-0.2, 0) is 0 Å². The standard InChI is InChI=1S/C17H25NO2/c1-14(17(20)15-7-3-2-4-8-15)13-18(11-6-12-19)16-9-5-10-16/h2-4,7-8,14,16,19H,5-6,9-13H2,1H3. The molecule has 0 aromatic heterocycles. The lowest BCUT2D eigenvalue weighted by atomic mass is 9.89. The number of carbonyl (C=O) groups is 1. The quantitative estimate of drug-likeness (QED) is 0.742. The van der Waals surface area contributed by atoms with Gasteiger partial charge in [0.05, 0.1) is 0 Å². The van der Waals surface area contributed by atoms with Crippen LogP contribution in [0.3, 0.4) is 0 Å². The fraction of sp³-hybridized carbons (Fsp3) is 0.588. The third kappa shape index (κ3) is 3.90. The average Bonchev–Trinajstić information content (AvgIpc) is 2.42. The van der Waals surface area contributed by atoms with E-state index in [9.17, 15) is 4.79 Å². The highest BCUT2D eigenvalue weighted by Gasteiger charge is 2.27. The maximum absolute atomic E-state index is 12.4. The van der Waals surface area contributed by atoms with E-state index in [1.807, 2.05) is 37.3 Å². The molecule has 20 heavy (non-hydrogen) atoms. The Labute approximate surface area is 121 Å². The van der Waals surface area contributed by atoms with E-state index in [0.29, 0.717) is 6.04 Å². The second kappa shape index (κ2) is 7.55. The topological polar surface area (TPSA) is 40.5 Å². The van der Waals surface area contributed by atoms with E-state index >= 15 is 0 Å². The predicted molar refractivity (Wildman–Crippen MR) is 80.9 cm³/mol. The molecule has 0 radical (unpaired) electrons. The van der Waals surface area contributed by atoms with Crippen molar-refractivity contribution in [2.24, 2.45) is 5.92 Å². The molecule has 0 spiro atoms. The summed E-state index contributed by atoms with van der Waals surface area (Å²) in [5.41, 5.74) is 0.802. The molecule has 2 rings (SSSR count). The van der Waals surface area contributed by atoms with E-state index in [1.165, 1.54) is 19.3 Å². The molecule has 1 aromatic rings. The van der Waals surface area contributed by atoms with Gasteiger partial charge in [-0.05, 0) is 19.3 Å². The summed E-state index contributed by atoms with van der Waals surface area (Å²) in [6, 6.07) is 10.2. The van der Waals surface area contributed by atoms with Gasteiger partial charge in [-0.2, -0.15) is 0 Å².